The molecule has 0 aromatic heterocycles. The Balaban J connectivity index is 3.91. The summed E-state index contributed by atoms with van der Waals surface area (Å²) in [5, 5.41) is 0. The van der Waals surface area contributed by atoms with Crippen molar-refractivity contribution < 1.29 is 0 Å². The van der Waals surface area contributed by atoms with E-state index in [-0.39, 0.29) is 0 Å². The number of hydrogen-bond acceptors (Lipinski definition) is 0. The maximum Gasteiger partial charge on any atom is 0.340 e. The first-order valence-electron chi connectivity index (χ1n) is 1.77. The van der Waals surface area contributed by atoms with Crippen LogP contribution in [-0.4, -0.2) is 0 Å². The summed E-state index contributed by atoms with van der Waals surface area (Å²) in [4.78, 5) is 3.23. The van der Waals surface area contributed by atoms with Crippen molar-refractivity contribution in [3.8, 4) is 6.57 Å². The fraction of sp³-hybridized carbons (Fsp3) is 0. The van der Waals surface area contributed by atoms with Crippen LogP contribution in [0.2, 0.25) is 0 Å². The van der Waals surface area contributed by atoms with Gasteiger partial charge in [-0.3, -0.25) is 0 Å². The molecule has 1 nitrogen and oxygen atoms in total. The Morgan fingerprint density at radius 1 is 1.86 bits per heavy atom. The molecule has 0 heterocycles. The van der Waals surface area contributed by atoms with Crippen LogP contribution in [0.5, 0.6) is 0 Å². The van der Waals surface area contributed by atoms with Gasteiger partial charge in [-0.1, -0.05) is 6.58 Å². The van der Waals surface area contributed by atoms with E-state index in [1.54, 1.807) is 0 Å². The van der Waals surface area contributed by atoms with Gasteiger partial charge in [0.15, 0.2) is 0 Å². The van der Waals surface area contributed by atoms with Gasteiger partial charge in [0.05, 0.1) is 6.08 Å². The number of rotatable bonds is 1. The van der Waals surface area contributed by atoms with Crippen molar-refractivity contribution in [2.75, 3.05) is 0 Å². The van der Waals surface area contributed by atoms with Crippen molar-refractivity contribution in [3.05, 3.63) is 35.5 Å². The van der Waals surface area contributed by atoms with Crippen molar-refractivity contribution >= 4 is 0 Å². The van der Waals surface area contributed by atoms with Crippen LogP contribution < -0.4 is 0 Å². The molecule has 0 saturated carbocycles. The highest BCUT2D eigenvalue weighted by Crippen LogP contribution is 1.88. The lowest BCUT2D eigenvalue weighted by molar-refractivity contribution is 1.79. The molecule has 0 aromatic rings. The highest BCUT2D eigenvalue weighted by molar-refractivity contribution is 5.20. The molecule has 0 aromatic carbocycles. The normalized spacial score (nSPS) is 5.57. The average molecular weight is 92.1 g/mol. The summed E-state index contributed by atoms with van der Waals surface area (Å²) in [6.45, 7) is 11.5. The molecule has 0 unspecified atom stereocenters. The van der Waals surface area contributed by atoms with E-state index in [4.69, 9.17) is 6.57 Å². The monoisotopic (exact) mass is 92.0 g/mol. The number of allylic oxidation sites excluding steroid dienone is 1. The third kappa shape index (κ3) is 2.55. The highest BCUT2D eigenvalue weighted by Gasteiger charge is 1.87. The molecule has 0 rings (SSSR count). The lowest BCUT2D eigenvalue weighted by atomic mass is 10.5. The van der Waals surface area contributed by atoms with Crippen LogP contribution in [0.25, 0.3) is 4.85 Å². The summed E-state index contributed by atoms with van der Waals surface area (Å²) in [5.74, 6) is 0. The second kappa shape index (κ2) is 2.96. The Kier molecular flexibility index (Phi) is 2.43. The second-order valence-corrected chi connectivity index (χ2v) is 0.969. The van der Waals surface area contributed by atoms with Gasteiger partial charge in [-0.25, -0.2) is 0 Å². The zero-order valence-electron chi connectivity index (χ0n) is 4.02. The molecule has 0 fully saturated rings. The molecule has 0 spiro atoms. The van der Waals surface area contributed by atoms with Gasteiger partial charge in [0, 0.05) is 0 Å². The maximum atomic E-state index is 4.78. The van der Waals surface area contributed by atoms with E-state index in [1.165, 1.54) is 6.08 Å². The third-order valence-electron chi connectivity index (χ3n) is 0.434. The summed E-state index contributed by atoms with van der Waals surface area (Å²) in [6.07, 6.45) is 1.50. The summed E-state index contributed by atoms with van der Waals surface area (Å²) >= 11 is 0. The van der Waals surface area contributed by atoms with Crippen LogP contribution in [0.1, 0.15) is 0 Å². The zero-order chi connectivity index (χ0) is 5.70. The first kappa shape index (κ1) is 5.75. The van der Waals surface area contributed by atoms with E-state index in [0.29, 0.717) is 5.70 Å². The minimum absolute atomic E-state index is 0.481. The van der Waals surface area contributed by atoms with Gasteiger partial charge < -0.3 is 0 Å². The molecule has 0 aliphatic carbocycles. The van der Waals surface area contributed by atoms with Crippen LogP contribution >= 0.6 is 0 Å². The van der Waals surface area contributed by atoms with Crippen LogP contribution in [0, 0.1) is 6.57 Å². The third-order valence-corrected chi connectivity index (χ3v) is 0.434. The van der Waals surface area contributed by atoms with Gasteiger partial charge in [-0.2, -0.15) is 0 Å². The fourth-order valence-electron chi connectivity index (χ4n) is 0.155. The Labute approximate surface area is 43.1 Å². The van der Waals surface area contributed by atoms with Gasteiger partial charge in [0.2, 0.25) is 0 Å². The molecular weight excluding hydrogens is 86.1 g/mol. The van der Waals surface area contributed by atoms with Crippen molar-refractivity contribution in [1.29, 1.82) is 0 Å². The minimum Gasteiger partial charge on any atom is -0.120 e. The smallest absolute Gasteiger partial charge is 0.120 e. The topological polar surface area (TPSA) is 4.36 Å². The predicted molar refractivity (Wildman–Crippen MR) is 31.2 cm³/mol. The Hall–Kier alpha value is -1.25. The van der Waals surface area contributed by atoms with Crippen LogP contribution in [-0.2, 0) is 0 Å². The molecule has 1 heteroatoms. The molecule has 0 aliphatic heterocycles. The Bertz CT molecular complexity index is 154. The fourth-order valence-corrected chi connectivity index (χ4v) is 0.155. The van der Waals surface area contributed by atoms with Crippen molar-refractivity contribution in [1.82, 2.24) is 0 Å². The summed E-state index contributed by atoms with van der Waals surface area (Å²) in [5.41, 5.74) is 2.95. The quantitative estimate of drug-likeness (QED) is 0.343. The van der Waals surface area contributed by atoms with Crippen molar-refractivity contribution in [2.24, 2.45) is 0 Å². The summed E-state index contributed by atoms with van der Waals surface area (Å²) in [6, 6.07) is 0. The zero-order valence-corrected chi connectivity index (χ0v) is 4.02. The van der Waals surface area contributed by atoms with Gasteiger partial charge in [0.25, 0.3) is 6.57 Å². The lowest BCUT2D eigenvalue weighted by Gasteiger charge is -1.56. The molecule has 0 aliphatic rings. The molecule has 0 saturated heterocycles. The van der Waals surface area contributed by atoms with Gasteiger partial charge in [0.1, 0.15) is 0 Å². The molecule has 0 N–H and O–H groups in total. The molecule has 0 bridgehead atoms. The first-order chi connectivity index (χ1) is 3.31. The molecule has 0 atom stereocenters. The molecule has 34 valence electrons. The predicted octanol–water partition coefficient (Wildman–Crippen LogP) is 1.80. The van der Waals surface area contributed by atoms with Gasteiger partial charge >= 0.3 is 5.70 Å². The van der Waals surface area contributed by atoms with Crippen molar-refractivity contribution in [2.45, 2.75) is 0 Å². The van der Waals surface area contributed by atoms with Crippen LogP contribution in [0.3, 0.4) is 0 Å². The maximum absolute atomic E-state index is 4.78. The van der Waals surface area contributed by atoms with E-state index in [0.717, 1.165) is 0 Å². The highest BCUT2D eigenvalue weighted by atomic mass is 14.6. The van der Waals surface area contributed by atoms with Crippen LogP contribution in [0.4, 0.5) is 0 Å². The minimum atomic E-state index is 0.481. The Morgan fingerprint density at radius 3 is 2.57 bits per heavy atom. The van der Waals surface area contributed by atoms with E-state index in [1.807, 2.05) is 0 Å². The lowest BCUT2D eigenvalue weighted by Crippen LogP contribution is -1.53. The molecule has 7 heavy (non-hydrogen) atoms. The SMILES string of the molecule is C#[N+]C(=C)C=C=C. The van der Waals surface area contributed by atoms with E-state index >= 15 is 0 Å². The van der Waals surface area contributed by atoms with E-state index < -0.39 is 0 Å². The molecule has 0 radical (unpaired) electrons. The van der Waals surface area contributed by atoms with Gasteiger partial charge in [-0.05, 0) is 11.4 Å². The van der Waals surface area contributed by atoms with E-state index in [9.17, 15) is 0 Å². The molecular formula is C6H6N+. The first-order valence-corrected chi connectivity index (χ1v) is 1.77. The largest absolute Gasteiger partial charge is 0.340 e. The molecule has 0 amide bonds. The standard InChI is InChI=1S/C6H6N/c1-4-5-6(2)7-3/h3,5H,1-2H2/q+1. The van der Waals surface area contributed by atoms with Crippen LogP contribution in [0.15, 0.2) is 30.7 Å². The summed E-state index contributed by atoms with van der Waals surface area (Å²) in [7, 11) is 0. The second-order valence-electron chi connectivity index (χ2n) is 0.969. The average Bonchev–Trinajstić information content (AvgIpc) is 1.68. The number of hydrogen-bond donors (Lipinski definition) is 0. The van der Waals surface area contributed by atoms with Gasteiger partial charge in [-0.15, -0.1) is 5.73 Å². The van der Waals surface area contributed by atoms with E-state index in [2.05, 4.69) is 23.7 Å². The number of nitrogens with zero attached hydrogens (tertiary/aromatic N) is 1. The summed E-state index contributed by atoms with van der Waals surface area (Å²) < 4.78 is 0. The van der Waals surface area contributed by atoms with Crippen molar-refractivity contribution in [3.63, 3.8) is 0 Å². The Morgan fingerprint density at radius 2 is 2.43 bits per heavy atom.